The molecule has 0 spiro atoms. The van der Waals surface area contributed by atoms with E-state index in [2.05, 4.69) is 41.1 Å². The van der Waals surface area contributed by atoms with E-state index in [1.54, 1.807) is 7.11 Å². The Morgan fingerprint density at radius 1 is 0.964 bits per heavy atom. The molecule has 0 radical (unpaired) electrons. The highest BCUT2D eigenvalue weighted by atomic mass is 35.5. The lowest BCUT2D eigenvalue weighted by molar-refractivity contribution is -0.117. The second kappa shape index (κ2) is 11.1. The van der Waals surface area contributed by atoms with Crippen molar-refractivity contribution in [1.82, 2.24) is 4.90 Å². The average molecular weight is 426 g/mol. The monoisotopic (exact) mass is 425 g/mol. The molecule has 1 N–H and O–H groups in total. The van der Waals surface area contributed by atoms with Crippen molar-refractivity contribution in [3.8, 4) is 5.75 Å². The van der Waals surface area contributed by atoms with Crippen molar-refractivity contribution in [2.45, 2.75) is 13.8 Å². The van der Waals surface area contributed by atoms with Crippen LogP contribution in [0.4, 0.5) is 11.4 Å². The molecule has 2 aromatic carbocycles. The van der Waals surface area contributed by atoms with E-state index in [9.17, 15) is 4.79 Å². The highest BCUT2D eigenvalue weighted by Gasteiger charge is 2.19. The standard InChI is InChI=1S/C21H27N3O2.2ClH/c1-16-4-5-18(14-17(16)2)22-21(25)15-23-10-12-24(13-11-23)19-6-8-20(26-3)9-7-19;;/h4-9,14H,10-13,15H2,1-3H3,(H,22,25);2*1H. The topological polar surface area (TPSA) is 44.8 Å². The largest absolute Gasteiger partial charge is 0.497 e. The number of piperazine rings is 1. The quantitative estimate of drug-likeness (QED) is 0.788. The third-order valence-electron chi connectivity index (χ3n) is 4.97. The van der Waals surface area contributed by atoms with Crippen molar-refractivity contribution >= 4 is 42.1 Å². The fourth-order valence-corrected chi connectivity index (χ4v) is 3.18. The maximum Gasteiger partial charge on any atom is 0.238 e. The first-order valence-corrected chi connectivity index (χ1v) is 9.03. The van der Waals surface area contributed by atoms with E-state index < -0.39 is 0 Å². The number of nitrogens with one attached hydrogen (secondary N) is 1. The molecule has 154 valence electrons. The predicted octanol–water partition coefficient (Wildman–Crippen LogP) is 3.92. The average Bonchev–Trinajstić information content (AvgIpc) is 2.65. The molecule has 0 saturated carbocycles. The minimum atomic E-state index is 0. The molecule has 1 aliphatic heterocycles. The third kappa shape index (κ3) is 6.30. The lowest BCUT2D eigenvalue weighted by Crippen LogP contribution is -2.48. The fraction of sp³-hybridized carbons (Fsp3) is 0.381. The number of carbonyl (C=O) groups excluding carboxylic acids is 1. The Balaban J connectivity index is 0.00000196. The number of halogens is 2. The lowest BCUT2D eigenvalue weighted by atomic mass is 10.1. The molecule has 1 amide bonds. The van der Waals surface area contributed by atoms with Crippen LogP contribution in [0.25, 0.3) is 0 Å². The molecule has 1 aliphatic rings. The molecule has 0 aliphatic carbocycles. The summed E-state index contributed by atoms with van der Waals surface area (Å²) in [7, 11) is 1.68. The fourth-order valence-electron chi connectivity index (χ4n) is 3.18. The van der Waals surface area contributed by atoms with Gasteiger partial charge >= 0.3 is 0 Å². The van der Waals surface area contributed by atoms with Gasteiger partial charge in [0.25, 0.3) is 0 Å². The molecule has 1 fully saturated rings. The Morgan fingerprint density at radius 3 is 2.18 bits per heavy atom. The number of anilines is 2. The van der Waals surface area contributed by atoms with Crippen LogP contribution in [0.5, 0.6) is 5.75 Å². The molecule has 0 aromatic heterocycles. The zero-order chi connectivity index (χ0) is 18.5. The molecule has 5 nitrogen and oxygen atoms in total. The number of ether oxygens (including phenoxy) is 1. The van der Waals surface area contributed by atoms with Crippen LogP contribution in [0.1, 0.15) is 11.1 Å². The normalized spacial score (nSPS) is 13.9. The number of carbonyl (C=O) groups is 1. The van der Waals surface area contributed by atoms with E-state index in [0.717, 1.165) is 37.6 Å². The van der Waals surface area contributed by atoms with E-state index in [1.807, 2.05) is 30.3 Å². The summed E-state index contributed by atoms with van der Waals surface area (Å²) in [6, 6.07) is 14.2. The van der Waals surface area contributed by atoms with Crippen molar-refractivity contribution in [2.75, 3.05) is 50.1 Å². The summed E-state index contributed by atoms with van der Waals surface area (Å²) in [6.07, 6.45) is 0. The van der Waals surface area contributed by atoms with Gasteiger partial charge in [-0.2, -0.15) is 0 Å². The van der Waals surface area contributed by atoms with E-state index in [-0.39, 0.29) is 30.7 Å². The molecule has 0 unspecified atom stereocenters. The number of methoxy groups -OCH3 is 1. The van der Waals surface area contributed by atoms with Crippen LogP contribution in [-0.4, -0.2) is 50.6 Å². The summed E-state index contributed by atoms with van der Waals surface area (Å²) in [5.41, 5.74) is 4.49. The van der Waals surface area contributed by atoms with Crippen molar-refractivity contribution < 1.29 is 9.53 Å². The summed E-state index contributed by atoms with van der Waals surface area (Å²) < 4.78 is 5.21. The Bertz CT molecular complexity index is 761. The van der Waals surface area contributed by atoms with E-state index in [0.29, 0.717) is 6.54 Å². The van der Waals surface area contributed by atoms with E-state index in [1.165, 1.54) is 16.8 Å². The smallest absolute Gasteiger partial charge is 0.238 e. The van der Waals surface area contributed by atoms with Gasteiger partial charge in [0.1, 0.15) is 5.75 Å². The molecule has 2 aromatic rings. The first-order valence-electron chi connectivity index (χ1n) is 9.03. The van der Waals surface area contributed by atoms with Crippen molar-refractivity contribution in [1.29, 1.82) is 0 Å². The van der Waals surface area contributed by atoms with Gasteiger partial charge in [-0.15, -0.1) is 24.8 Å². The van der Waals surface area contributed by atoms with Gasteiger partial charge in [-0.3, -0.25) is 9.69 Å². The Morgan fingerprint density at radius 2 is 1.61 bits per heavy atom. The molecule has 7 heteroatoms. The van der Waals surface area contributed by atoms with Gasteiger partial charge in [0.2, 0.25) is 5.91 Å². The van der Waals surface area contributed by atoms with Crippen LogP contribution in [0, 0.1) is 13.8 Å². The minimum Gasteiger partial charge on any atom is -0.497 e. The van der Waals surface area contributed by atoms with Crippen LogP contribution in [0.2, 0.25) is 0 Å². The van der Waals surface area contributed by atoms with Crippen LogP contribution >= 0.6 is 24.8 Å². The number of aryl methyl sites for hydroxylation is 2. The number of rotatable bonds is 5. The van der Waals surface area contributed by atoms with Gasteiger partial charge in [-0.05, 0) is 61.4 Å². The van der Waals surface area contributed by atoms with Crippen LogP contribution in [0.3, 0.4) is 0 Å². The van der Waals surface area contributed by atoms with Gasteiger partial charge in [-0.1, -0.05) is 6.07 Å². The molecule has 3 rings (SSSR count). The van der Waals surface area contributed by atoms with Gasteiger partial charge < -0.3 is 15.0 Å². The Hall–Kier alpha value is -1.95. The number of benzene rings is 2. The minimum absolute atomic E-state index is 0. The maximum absolute atomic E-state index is 12.3. The second-order valence-electron chi connectivity index (χ2n) is 6.81. The van der Waals surface area contributed by atoms with Crippen molar-refractivity contribution in [2.24, 2.45) is 0 Å². The van der Waals surface area contributed by atoms with E-state index >= 15 is 0 Å². The summed E-state index contributed by atoms with van der Waals surface area (Å²) in [4.78, 5) is 16.9. The third-order valence-corrected chi connectivity index (χ3v) is 4.97. The van der Waals surface area contributed by atoms with Crippen LogP contribution in [0.15, 0.2) is 42.5 Å². The molecular formula is C21H29Cl2N3O2. The zero-order valence-corrected chi connectivity index (χ0v) is 18.2. The lowest BCUT2D eigenvalue weighted by Gasteiger charge is -2.35. The van der Waals surface area contributed by atoms with Gasteiger partial charge in [0.15, 0.2) is 0 Å². The highest BCUT2D eigenvalue weighted by Crippen LogP contribution is 2.20. The second-order valence-corrected chi connectivity index (χ2v) is 6.81. The highest BCUT2D eigenvalue weighted by molar-refractivity contribution is 5.92. The van der Waals surface area contributed by atoms with Gasteiger partial charge in [0, 0.05) is 37.6 Å². The Labute approximate surface area is 179 Å². The molecule has 0 atom stereocenters. The SMILES string of the molecule is COc1ccc(N2CCN(CC(=O)Nc3ccc(C)c(C)c3)CC2)cc1.Cl.Cl. The number of nitrogens with zero attached hydrogens (tertiary/aromatic N) is 2. The molecule has 1 saturated heterocycles. The summed E-state index contributed by atoms with van der Waals surface area (Å²) in [6.45, 7) is 8.17. The van der Waals surface area contributed by atoms with Crippen LogP contribution in [-0.2, 0) is 4.79 Å². The number of hydrogen-bond acceptors (Lipinski definition) is 4. The zero-order valence-electron chi connectivity index (χ0n) is 16.6. The van der Waals surface area contributed by atoms with Gasteiger partial charge in [-0.25, -0.2) is 0 Å². The number of amides is 1. The number of hydrogen-bond donors (Lipinski definition) is 1. The molecule has 1 heterocycles. The molecule has 28 heavy (non-hydrogen) atoms. The first-order chi connectivity index (χ1) is 12.5. The summed E-state index contributed by atoms with van der Waals surface area (Å²) in [5, 5.41) is 3.00. The van der Waals surface area contributed by atoms with Crippen LogP contribution < -0.4 is 15.0 Å². The predicted molar refractivity (Wildman–Crippen MR) is 121 cm³/mol. The summed E-state index contributed by atoms with van der Waals surface area (Å²) >= 11 is 0. The summed E-state index contributed by atoms with van der Waals surface area (Å²) in [5.74, 6) is 0.918. The van der Waals surface area contributed by atoms with Crippen molar-refractivity contribution in [3.63, 3.8) is 0 Å². The Kier molecular flexibility index (Phi) is 9.59. The van der Waals surface area contributed by atoms with Crippen molar-refractivity contribution in [3.05, 3.63) is 53.6 Å². The van der Waals surface area contributed by atoms with E-state index in [4.69, 9.17) is 4.74 Å². The molecular weight excluding hydrogens is 397 g/mol. The maximum atomic E-state index is 12.3. The first kappa shape index (κ1) is 24.1. The van der Waals surface area contributed by atoms with Gasteiger partial charge in [0.05, 0.1) is 13.7 Å². The molecule has 0 bridgehead atoms.